The van der Waals surface area contributed by atoms with E-state index in [1.54, 1.807) is 17.1 Å². The van der Waals surface area contributed by atoms with Crippen LogP contribution in [-0.4, -0.2) is 45.1 Å². The molecule has 17 heavy (non-hydrogen) atoms. The highest BCUT2D eigenvalue weighted by molar-refractivity contribution is 7.88. The van der Waals surface area contributed by atoms with Gasteiger partial charge in [0.15, 0.2) is 0 Å². The van der Waals surface area contributed by atoms with Crippen LogP contribution in [0.1, 0.15) is 19.8 Å². The quantitative estimate of drug-likeness (QED) is 0.742. The van der Waals surface area contributed by atoms with Crippen LogP contribution in [0.4, 0.5) is 0 Å². The third-order valence-corrected chi connectivity index (χ3v) is 3.47. The van der Waals surface area contributed by atoms with Gasteiger partial charge in [-0.2, -0.15) is 0 Å². The SMILES string of the molecule is CC=CC(=O)N1CCCC(CNS(C)(=O)=O)C1. The van der Waals surface area contributed by atoms with Gasteiger partial charge in [0.25, 0.3) is 0 Å². The lowest BCUT2D eigenvalue weighted by Gasteiger charge is -2.32. The van der Waals surface area contributed by atoms with E-state index < -0.39 is 10.0 Å². The fraction of sp³-hybridized carbons (Fsp3) is 0.727. The number of piperidine rings is 1. The Labute approximate surface area is 103 Å². The first-order chi connectivity index (χ1) is 7.92. The van der Waals surface area contributed by atoms with Crippen molar-refractivity contribution in [3.05, 3.63) is 12.2 Å². The van der Waals surface area contributed by atoms with Gasteiger partial charge in [0.1, 0.15) is 0 Å². The van der Waals surface area contributed by atoms with Crippen molar-refractivity contribution in [3.63, 3.8) is 0 Å². The molecule has 0 aromatic heterocycles. The lowest BCUT2D eigenvalue weighted by Crippen LogP contribution is -2.43. The molecule has 1 amide bonds. The third-order valence-electron chi connectivity index (χ3n) is 2.77. The second-order valence-corrected chi connectivity index (χ2v) is 6.25. The van der Waals surface area contributed by atoms with Crippen molar-refractivity contribution in [2.24, 2.45) is 5.92 Å². The summed E-state index contributed by atoms with van der Waals surface area (Å²) in [5, 5.41) is 0. The molecule has 1 saturated heterocycles. The van der Waals surface area contributed by atoms with Crippen molar-refractivity contribution in [1.29, 1.82) is 0 Å². The highest BCUT2D eigenvalue weighted by Crippen LogP contribution is 2.16. The molecule has 1 aliphatic heterocycles. The van der Waals surface area contributed by atoms with Gasteiger partial charge in [-0.1, -0.05) is 6.08 Å². The van der Waals surface area contributed by atoms with Gasteiger partial charge < -0.3 is 4.90 Å². The number of hydrogen-bond acceptors (Lipinski definition) is 3. The predicted molar refractivity (Wildman–Crippen MR) is 67.0 cm³/mol. The van der Waals surface area contributed by atoms with Crippen LogP contribution >= 0.6 is 0 Å². The number of sulfonamides is 1. The van der Waals surface area contributed by atoms with Gasteiger partial charge >= 0.3 is 0 Å². The molecule has 1 fully saturated rings. The van der Waals surface area contributed by atoms with Crippen LogP contribution in [0, 0.1) is 5.92 Å². The maximum atomic E-state index is 11.6. The Hall–Kier alpha value is -0.880. The first-order valence-electron chi connectivity index (χ1n) is 5.78. The average Bonchev–Trinajstić information content (AvgIpc) is 2.26. The van der Waals surface area contributed by atoms with Crippen LogP contribution in [0.15, 0.2) is 12.2 Å². The number of allylic oxidation sites excluding steroid dienone is 1. The minimum absolute atomic E-state index is 0.0107. The topological polar surface area (TPSA) is 66.5 Å². The summed E-state index contributed by atoms with van der Waals surface area (Å²) in [7, 11) is -3.14. The number of nitrogens with one attached hydrogen (secondary N) is 1. The van der Waals surface area contributed by atoms with Crippen LogP contribution in [0.2, 0.25) is 0 Å². The van der Waals surface area contributed by atoms with Gasteiger partial charge in [0.2, 0.25) is 15.9 Å². The lowest BCUT2D eigenvalue weighted by molar-refractivity contribution is -0.127. The van der Waals surface area contributed by atoms with Crippen molar-refractivity contribution in [2.45, 2.75) is 19.8 Å². The Bertz CT molecular complexity index is 390. The normalized spacial score (nSPS) is 22.0. The fourth-order valence-corrected chi connectivity index (χ4v) is 2.49. The lowest BCUT2D eigenvalue weighted by atomic mass is 9.98. The first-order valence-corrected chi connectivity index (χ1v) is 7.67. The van der Waals surface area contributed by atoms with Crippen LogP contribution in [-0.2, 0) is 14.8 Å². The number of carbonyl (C=O) groups is 1. The molecule has 1 atom stereocenters. The fourth-order valence-electron chi connectivity index (χ4n) is 1.95. The summed E-state index contributed by atoms with van der Waals surface area (Å²) in [5.41, 5.74) is 0. The van der Waals surface area contributed by atoms with Gasteiger partial charge in [0, 0.05) is 19.6 Å². The molecule has 1 heterocycles. The summed E-state index contributed by atoms with van der Waals surface area (Å²) >= 11 is 0. The van der Waals surface area contributed by atoms with E-state index in [1.165, 1.54) is 0 Å². The smallest absolute Gasteiger partial charge is 0.246 e. The summed E-state index contributed by atoms with van der Waals surface area (Å²) < 4.78 is 24.5. The highest BCUT2D eigenvalue weighted by Gasteiger charge is 2.22. The maximum Gasteiger partial charge on any atom is 0.246 e. The molecule has 0 radical (unpaired) electrons. The Morgan fingerprint density at radius 1 is 1.53 bits per heavy atom. The molecule has 6 heteroatoms. The third kappa shape index (κ3) is 5.32. The zero-order valence-corrected chi connectivity index (χ0v) is 11.2. The second kappa shape index (κ2) is 6.16. The molecule has 0 spiro atoms. The number of nitrogens with zero attached hydrogens (tertiary/aromatic N) is 1. The molecular formula is C11H20N2O3S. The van der Waals surface area contributed by atoms with Crippen LogP contribution in [0.25, 0.3) is 0 Å². The number of likely N-dealkylation sites (tertiary alicyclic amines) is 1. The standard InChI is InChI=1S/C11H20N2O3S/c1-3-5-11(14)13-7-4-6-10(9-13)8-12-17(2,15)16/h3,5,10,12H,4,6-9H2,1-2H3. The molecule has 1 N–H and O–H groups in total. The molecule has 0 bridgehead atoms. The van der Waals surface area contributed by atoms with E-state index in [1.807, 2.05) is 6.92 Å². The first kappa shape index (κ1) is 14.2. The van der Waals surface area contributed by atoms with Crippen molar-refractivity contribution in [2.75, 3.05) is 25.9 Å². The highest BCUT2D eigenvalue weighted by atomic mass is 32.2. The van der Waals surface area contributed by atoms with Crippen LogP contribution in [0.5, 0.6) is 0 Å². The Balaban J connectivity index is 2.46. The Morgan fingerprint density at radius 2 is 2.24 bits per heavy atom. The average molecular weight is 260 g/mol. The zero-order chi connectivity index (χ0) is 12.9. The van der Waals surface area contributed by atoms with E-state index in [-0.39, 0.29) is 11.8 Å². The Morgan fingerprint density at radius 3 is 2.82 bits per heavy atom. The molecule has 1 unspecified atom stereocenters. The molecule has 1 rings (SSSR count). The monoisotopic (exact) mass is 260 g/mol. The minimum Gasteiger partial charge on any atom is -0.339 e. The summed E-state index contributed by atoms with van der Waals surface area (Å²) in [4.78, 5) is 13.4. The number of carbonyl (C=O) groups excluding carboxylic acids is 1. The van der Waals surface area contributed by atoms with E-state index in [0.29, 0.717) is 13.1 Å². The van der Waals surface area contributed by atoms with E-state index in [2.05, 4.69) is 4.72 Å². The molecule has 98 valence electrons. The summed E-state index contributed by atoms with van der Waals surface area (Å²) in [6, 6.07) is 0. The van der Waals surface area contributed by atoms with Crippen molar-refractivity contribution < 1.29 is 13.2 Å². The minimum atomic E-state index is -3.14. The molecule has 0 saturated carbocycles. The summed E-state index contributed by atoms with van der Waals surface area (Å²) in [6.07, 6.45) is 6.31. The van der Waals surface area contributed by atoms with Crippen LogP contribution in [0.3, 0.4) is 0 Å². The van der Waals surface area contributed by atoms with Crippen molar-refractivity contribution >= 4 is 15.9 Å². The van der Waals surface area contributed by atoms with Gasteiger partial charge in [0.05, 0.1) is 6.26 Å². The maximum absolute atomic E-state index is 11.6. The second-order valence-electron chi connectivity index (χ2n) is 4.41. The number of rotatable bonds is 4. The molecule has 1 aliphatic rings. The molecule has 0 aliphatic carbocycles. The van der Waals surface area contributed by atoms with E-state index in [9.17, 15) is 13.2 Å². The van der Waals surface area contributed by atoms with Gasteiger partial charge in [-0.05, 0) is 31.8 Å². The zero-order valence-electron chi connectivity index (χ0n) is 10.3. The van der Waals surface area contributed by atoms with Crippen molar-refractivity contribution in [3.8, 4) is 0 Å². The molecule has 0 aromatic carbocycles. The Kier molecular flexibility index (Phi) is 5.14. The van der Waals surface area contributed by atoms with E-state index in [4.69, 9.17) is 0 Å². The summed E-state index contributed by atoms with van der Waals surface area (Å²) in [5.74, 6) is 0.226. The predicted octanol–water partition coefficient (Wildman–Crippen LogP) is 0.350. The van der Waals surface area contributed by atoms with Gasteiger partial charge in [-0.15, -0.1) is 0 Å². The van der Waals surface area contributed by atoms with Crippen molar-refractivity contribution in [1.82, 2.24) is 9.62 Å². The number of hydrogen-bond donors (Lipinski definition) is 1. The molecule has 5 nitrogen and oxygen atoms in total. The molecule has 0 aromatic rings. The summed E-state index contributed by atoms with van der Waals surface area (Å²) in [6.45, 7) is 3.62. The molecular weight excluding hydrogens is 240 g/mol. The largest absolute Gasteiger partial charge is 0.339 e. The number of amides is 1. The van der Waals surface area contributed by atoms with Gasteiger partial charge in [-0.3, -0.25) is 4.79 Å². The van der Waals surface area contributed by atoms with Gasteiger partial charge in [-0.25, -0.2) is 13.1 Å². The van der Waals surface area contributed by atoms with Crippen LogP contribution < -0.4 is 4.72 Å². The van der Waals surface area contributed by atoms with E-state index >= 15 is 0 Å². The van der Waals surface area contributed by atoms with E-state index in [0.717, 1.165) is 25.6 Å².